The molecule has 0 atom stereocenters. The van der Waals surface area contributed by atoms with E-state index in [-0.39, 0.29) is 11.6 Å². The maximum Gasteiger partial charge on any atom is 0.270 e. The van der Waals surface area contributed by atoms with Gasteiger partial charge in [-0.2, -0.15) is 0 Å². The first-order valence-electron chi connectivity index (χ1n) is 7.78. The number of nitrogens with zero attached hydrogens (tertiary/aromatic N) is 2. The number of hydrogen-bond acceptors (Lipinski definition) is 6. The van der Waals surface area contributed by atoms with Crippen LogP contribution in [-0.4, -0.2) is 15.8 Å². The van der Waals surface area contributed by atoms with Gasteiger partial charge in [-0.15, -0.1) is 11.3 Å². The maximum absolute atomic E-state index is 12.6. The van der Waals surface area contributed by atoms with Gasteiger partial charge < -0.3 is 0 Å². The Morgan fingerprint density at radius 3 is 2.73 bits per heavy atom. The Morgan fingerprint density at radius 2 is 1.96 bits per heavy atom. The third-order valence-corrected chi connectivity index (χ3v) is 6.21. The summed E-state index contributed by atoms with van der Waals surface area (Å²) < 4.78 is 1.88. The van der Waals surface area contributed by atoms with E-state index in [4.69, 9.17) is 0 Å². The third kappa shape index (κ3) is 2.93. The van der Waals surface area contributed by atoms with E-state index in [0.717, 1.165) is 26.0 Å². The van der Waals surface area contributed by atoms with Crippen LogP contribution < -0.4 is 5.32 Å². The molecule has 2 aromatic heterocycles. The molecule has 0 saturated heterocycles. The predicted molar refractivity (Wildman–Crippen MR) is 106 cm³/mol. The number of benzene rings is 2. The van der Waals surface area contributed by atoms with Crippen molar-refractivity contribution in [3.63, 3.8) is 0 Å². The topological polar surface area (TPSA) is 85.1 Å². The number of nitrogens with one attached hydrogen (secondary N) is 1. The molecule has 4 rings (SSSR count). The van der Waals surface area contributed by atoms with Crippen molar-refractivity contribution in [3.05, 3.63) is 62.5 Å². The summed E-state index contributed by atoms with van der Waals surface area (Å²) >= 11 is 2.74. The molecule has 0 radical (unpaired) electrons. The molecule has 6 nitrogen and oxygen atoms in total. The van der Waals surface area contributed by atoms with Crippen molar-refractivity contribution in [2.45, 2.75) is 13.8 Å². The number of thiazole rings is 1. The zero-order valence-electron chi connectivity index (χ0n) is 13.9. The minimum Gasteiger partial charge on any atom is -0.297 e. The van der Waals surface area contributed by atoms with Crippen LogP contribution in [0.15, 0.2) is 36.4 Å². The second kappa shape index (κ2) is 6.15. The van der Waals surface area contributed by atoms with Crippen LogP contribution in [0, 0.1) is 24.0 Å². The molecule has 0 saturated carbocycles. The van der Waals surface area contributed by atoms with Crippen LogP contribution in [0.2, 0.25) is 0 Å². The van der Waals surface area contributed by atoms with E-state index in [0.29, 0.717) is 15.4 Å². The van der Waals surface area contributed by atoms with Crippen molar-refractivity contribution < 1.29 is 9.72 Å². The van der Waals surface area contributed by atoms with Gasteiger partial charge in [0.1, 0.15) is 0 Å². The fourth-order valence-electron chi connectivity index (χ4n) is 2.85. The van der Waals surface area contributed by atoms with E-state index >= 15 is 0 Å². The lowest BCUT2D eigenvalue weighted by atomic mass is 10.1. The second-order valence-corrected chi connectivity index (χ2v) is 8.08. The average Bonchev–Trinajstić information content (AvgIpc) is 3.17. The smallest absolute Gasteiger partial charge is 0.270 e. The molecule has 0 bridgehead atoms. The van der Waals surface area contributed by atoms with Crippen LogP contribution >= 0.6 is 22.7 Å². The summed E-state index contributed by atoms with van der Waals surface area (Å²) in [5.74, 6) is -0.262. The highest BCUT2D eigenvalue weighted by atomic mass is 32.1. The number of nitro benzene ring substituents is 1. The fraction of sp³-hybridized carbons (Fsp3) is 0.111. The molecule has 0 aliphatic rings. The maximum atomic E-state index is 12.6. The van der Waals surface area contributed by atoms with Crippen LogP contribution in [0.3, 0.4) is 0 Å². The molecule has 1 amide bonds. The molecule has 8 heteroatoms. The number of non-ortho nitro benzene ring substituents is 1. The molecule has 0 fully saturated rings. The molecule has 1 N–H and O–H groups in total. The molecular weight excluding hydrogens is 370 g/mol. The molecular formula is C18H13N3O3S2. The Labute approximate surface area is 156 Å². The highest BCUT2D eigenvalue weighted by molar-refractivity contribution is 7.23. The Balaban J connectivity index is 1.64. The van der Waals surface area contributed by atoms with Gasteiger partial charge in [0.25, 0.3) is 11.6 Å². The summed E-state index contributed by atoms with van der Waals surface area (Å²) in [6.07, 6.45) is 0. The summed E-state index contributed by atoms with van der Waals surface area (Å²) in [6, 6.07) is 10.3. The Bertz CT molecular complexity index is 1190. The SMILES string of the molecule is Cc1cc(C)c2sc(NC(=O)c3cc4cc([N+](=O)[O-])ccc4s3)nc2c1. The minimum atomic E-state index is -0.442. The number of rotatable bonds is 3. The van der Waals surface area contributed by atoms with E-state index in [9.17, 15) is 14.9 Å². The lowest BCUT2D eigenvalue weighted by Crippen LogP contribution is -2.09. The van der Waals surface area contributed by atoms with Gasteiger partial charge in [0.2, 0.25) is 0 Å². The van der Waals surface area contributed by atoms with Crippen LogP contribution in [0.25, 0.3) is 20.3 Å². The van der Waals surface area contributed by atoms with Gasteiger partial charge in [-0.3, -0.25) is 20.2 Å². The van der Waals surface area contributed by atoms with Crippen molar-refractivity contribution >= 4 is 59.7 Å². The van der Waals surface area contributed by atoms with E-state index in [2.05, 4.69) is 16.4 Å². The Morgan fingerprint density at radius 1 is 1.15 bits per heavy atom. The first-order valence-corrected chi connectivity index (χ1v) is 9.41. The van der Waals surface area contributed by atoms with Gasteiger partial charge in [-0.1, -0.05) is 17.4 Å². The number of carbonyl (C=O) groups is 1. The molecule has 0 aliphatic heterocycles. The number of fused-ring (bicyclic) bond motifs is 2. The van der Waals surface area contributed by atoms with Crippen LogP contribution in [0.4, 0.5) is 10.8 Å². The normalized spacial score (nSPS) is 11.2. The van der Waals surface area contributed by atoms with E-state index in [1.807, 2.05) is 19.9 Å². The lowest BCUT2D eigenvalue weighted by molar-refractivity contribution is -0.384. The predicted octanol–water partition coefficient (Wildman–Crippen LogP) is 5.29. The minimum absolute atomic E-state index is 0.0132. The molecule has 0 unspecified atom stereocenters. The zero-order chi connectivity index (χ0) is 18.4. The fourth-order valence-corrected chi connectivity index (χ4v) is 4.69. The lowest BCUT2D eigenvalue weighted by Gasteiger charge is -1.97. The number of aromatic nitrogens is 1. The van der Waals surface area contributed by atoms with Crippen LogP contribution in [0.5, 0.6) is 0 Å². The van der Waals surface area contributed by atoms with E-state index in [1.54, 1.807) is 12.1 Å². The number of amides is 1. The molecule has 2 aromatic carbocycles. The highest BCUT2D eigenvalue weighted by Crippen LogP contribution is 2.32. The third-order valence-electron chi connectivity index (χ3n) is 3.98. The Kier molecular flexibility index (Phi) is 3.93. The summed E-state index contributed by atoms with van der Waals surface area (Å²) in [4.78, 5) is 28.0. The van der Waals surface area contributed by atoms with Gasteiger partial charge in [0, 0.05) is 22.2 Å². The number of thiophene rings is 1. The zero-order valence-corrected chi connectivity index (χ0v) is 15.5. The monoisotopic (exact) mass is 383 g/mol. The molecule has 26 heavy (non-hydrogen) atoms. The highest BCUT2D eigenvalue weighted by Gasteiger charge is 2.15. The summed E-state index contributed by atoms with van der Waals surface area (Å²) in [5, 5.41) is 15.0. The molecule has 4 aromatic rings. The largest absolute Gasteiger partial charge is 0.297 e. The van der Waals surface area contributed by atoms with Crippen molar-refractivity contribution in [2.24, 2.45) is 0 Å². The number of aryl methyl sites for hydroxylation is 2. The number of carbonyl (C=O) groups excluding carboxylic acids is 1. The first-order chi connectivity index (χ1) is 12.4. The van der Waals surface area contributed by atoms with Crippen molar-refractivity contribution in [1.82, 2.24) is 4.98 Å². The molecule has 130 valence electrons. The standard InChI is InChI=1S/C18H13N3O3S2/c1-9-5-10(2)16-13(6-9)19-18(26-16)20-17(22)15-8-11-7-12(21(23)24)3-4-14(11)25-15/h3-8H,1-2H3,(H,19,20,22). The molecule has 2 heterocycles. The summed E-state index contributed by atoms with van der Waals surface area (Å²) in [5.41, 5.74) is 3.14. The Hall–Kier alpha value is -2.84. The molecule has 0 aliphatic carbocycles. The van der Waals surface area contributed by atoms with Crippen molar-refractivity contribution in [2.75, 3.05) is 5.32 Å². The number of hydrogen-bond donors (Lipinski definition) is 1. The van der Waals surface area contributed by atoms with Crippen LogP contribution in [0.1, 0.15) is 20.8 Å². The summed E-state index contributed by atoms with van der Waals surface area (Å²) in [7, 11) is 0. The number of anilines is 1. The van der Waals surface area contributed by atoms with Crippen LogP contribution in [-0.2, 0) is 0 Å². The van der Waals surface area contributed by atoms with E-state index in [1.165, 1.54) is 34.8 Å². The van der Waals surface area contributed by atoms with Gasteiger partial charge in [0.05, 0.1) is 20.0 Å². The average molecular weight is 383 g/mol. The van der Waals surface area contributed by atoms with Gasteiger partial charge >= 0.3 is 0 Å². The van der Waals surface area contributed by atoms with Crippen molar-refractivity contribution in [3.8, 4) is 0 Å². The first kappa shape index (κ1) is 16.6. The summed E-state index contributed by atoms with van der Waals surface area (Å²) in [6.45, 7) is 4.04. The second-order valence-electron chi connectivity index (χ2n) is 5.99. The van der Waals surface area contributed by atoms with Gasteiger partial charge in [0.15, 0.2) is 5.13 Å². The van der Waals surface area contributed by atoms with Gasteiger partial charge in [-0.05, 0) is 43.2 Å². The quantitative estimate of drug-likeness (QED) is 0.385. The van der Waals surface area contributed by atoms with Crippen molar-refractivity contribution in [1.29, 1.82) is 0 Å². The number of nitro groups is 1. The molecule has 0 spiro atoms. The van der Waals surface area contributed by atoms with E-state index < -0.39 is 4.92 Å². The van der Waals surface area contributed by atoms with Gasteiger partial charge in [-0.25, -0.2) is 4.98 Å².